The first-order valence-corrected chi connectivity index (χ1v) is 10.6. The van der Waals surface area contributed by atoms with Gasteiger partial charge in [0, 0.05) is 12.6 Å². The highest BCUT2D eigenvalue weighted by Gasteiger charge is 2.14. The maximum Gasteiger partial charge on any atom is 0.339 e. The van der Waals surface area contributed by atoms with Crippen LogP contribution in [0.5, 0.6) is 17.2 Å². The van der Waals surface area contributed by atoms with E-state index < -0.39 is 5.97 Å². The molecule has 0 aliphatic carbocycles. The Morgan fingerprint density at radius 1 is 0.909 bits per heavy atom. The van der Waals surface area contributed by atoms with Crippen molar-refractivity contribution in [1.29, 1.82) is 0 Å². The number of carboxylic acids is 1. The van der Waals surface area contributed by atoms with Crippen LogP contribution in [0.4, 0.5) is 0 Å². The van der Waals surface area contributed by atoms with Gasteiger partial charge in [-0.1, -0.05) is 41.4 Å². The lowest BCUT2D eigenvalue weighted by atomic mass is 10.2. The lowest BCUT2D eigenvalue weighted by Crippen LogP contribution is -2.28. The van der Waals surface area contributed by atoms with Gasteiger partial charge < -0.3 is 24.6 Å². The first-order chi connectivity index (χ1) is 15.9. The fourth-order valence-corrected chi connectivity index (χ4v) is 3.18. The van der Waals surface area contributed by atoms with Crippen LogP contribution in [0.3, 0.4) is 0 Å². The van der Waals surface area contributed by atoms with Crippen LogP contribution in [0.15, 0.2) is 60.7 Å². The van der Waals surface area contributed by atoms with Crippen molar-refractivity contribution < 1.29 is 28.9 Å². The van der Waals surface area contributed by atoms with Gasteiger partial charge >= 0.3 is 5.97 Å². The summed E-state index contributed by atoms with van der Waals surface area (Å²) in [5, 5.41) is 13.0. The number of halogens is 2. The Labute approximate surface area is 200 Å². The molecule has 0 saturated carbocycles. The maximum absolute atomic E-state index is 12.1. The molecule has 0 bridgehead atoms. The molecule has 3 aromatic carbocycles. The number of carboxylic acid groups (broad SMARTS) is 1. The average molecular weight is 490 g/mol. The number of benzene rings is 3. The van der Waals surface area contributed by atoms with Crippen molar-refractivity contribution in [3.63, 3.8) is 0 Å². The maximum atomic E-state index is 12.1. The summed E-state index contributed by atoms with van der Waals surface area (Å²) < 4.78 is 16.4. The highest BCUT2D eigenvalue weighted by molar-refractivity contribution is 6.42. The van der Waals surface area contributed by atoms with Crippen molar-refractivity contribution in [3.8, 4) is 17.2 Å². The largest absolute Gasteiger partial charge is 0.497 e. The molecule has 0 aliphatic rings. The van der Waals surface area contributed by atoms with Gasteiger partial charge in [-0.05, 0) is 47.5 Å². The molecule has 0 saturated heterocycles. The van der Waals surface area contributed by atoms with Crippen molar-refractivity contribution in [2.45, 2.75) is 13.2 Å². The SMILES string of the molecule is COc1cccc(COc2cc(OCC(=O)NCc3ccc(Cl)c(Cl)c3)ccc2C(=O)O)c1. The minimum absolute atomic E-state index is 0.0192. The summed E-state index contributed by atoms with van der Waals surface area (Å²) in [6.45, 7) is 0.125. The van der Waals surface area contributed by atoms with Crippen LogP contribution in [-0.4, -0.2) is 30.7 Å². The number of hydrogen-bond acceptors (Lipinski definition) is 5. The average Bonchev–Trinajstić information content (AvgIpc) is 2.82. The van der Waals surface area contributed by atoms with E-state index in [1.807, 2.05) is 12.1 Å². The standard InChI is InChI=1S/C24H21Cl2NO6/c1-31-17-4-2-3-16(9-17)13-33-22-11-18(6-7-19(22)24(29)30)32-14-23(28)27-12-15-5-8-20(25)21(26)10-15/h2-11H,12-14H2,1H3,(H,27,28)(H,29,30). The van der Waals surface area contributed by atoms with Crippen LogP contribution in [0.1, 0.15) is 21.5 Å². The lowest BCUT2D eigenvalue weighted by molar-refractivity contribution is -0.123. The first kappa shape index (κ1) is 24.2. The van der Waals surface area contributed by atoms with E-state index in [0.717, 1.165) is 11.1 Å². The molecule has 33 heavy (non-hydrogen) atoms. The monoisotopic (exact) mass is 489 g/mol. The van der Waals surface area contributed by atoms with E-state index in [9.17, 15) is 14.7 Å². The van der Waals surface area contributed by atoms with Crippen molar-refractivity contribution in [2.24, 2.45) is 0 Å². The molecule has 172 valence electrons. The van der Waals surface area contributed by atoms with Gasteiger partial charge in [0.05, 0.1) is 17.2 Å². The van der Waals surface area contributed by atoms with Crippen LogP contribution in [0.2, 0.25) is 10.0 Å². The Balaban J connectivity index is 1.60. The predicted molar refractivity (Wildman–Crippen MR) is 125 cm³/mol. The smallest absolute Gasteiger partial charge is 0.339 e. The van der Waals surface area contributed by atoms with Crippen LogP contribution >= 0.6 is 23.2 Å². The summed E-state index contributed by atoms with van der Waals surface area (Å²) in [6.07, 6.45) is 0. The number of carbonyl (C=O) groups is 2. The molecule has 9 heteroatoms. The Morgan fingerprint density at radius 3 is 2.45 bits per heavy atom. The van der Waals surface area contributed by atoms with E-state index in [1.165, 1.54) is 18.2 Å². The molecule has 3 rings (SSSR count). The molecule has 3 aromatic rings. The van der Waals surface area contributed by atoms with Gasteiger partial charge in [-0.3, -0.25) is 4.79 Å². The third-order valence-corrected chi connectivity index (χ3v) is 5.29. The van der Waals surface area contributed by atoms with E-state index in [1.54, 1.807) is 37.4 Å². The number of carbonyl (C=O) groups excluding carboxylic acids is 1. The zero-order chi connectivity index (χ0) is 23.8. The van der Waals surface area contributed by atoms with Gasteiger partial charge in [-0.15, -0.1) is 0 Å². The fourth-order valence-electron chi connectivity index (χ4n) is 2.86. The zero-order valence-corrected chi connectivity index (χ0v) is 19.2. The number of rotatable bonds is 10. The normalized spacial score (nSPS) is 10.4. The number of methoxy groups -OCH3 is 1. The fraction of sp³-hybridized carbons (Fsp3) is 0.167. The highest BCUT2D eigenvalue weighted by atomic mass is 35.5. The number of hydrogen-bond donors (Lipinski definition) is 2. The molecule has 0 aromatic heterocycles. The van der Waals surface area contributed by atoms with Crippen LogP contribution < -0.4 is 19.5 Å². The van der Waals surface area contributed by atoms with Crippen LogP contribution in [-0.2, 0) is 17.9 Å². The molecule has 2 N–H and O–H groups in total. The zero-order valence-electron chi connectivity index (χ0n) is 17.6. The number of amides is 1. The summed E-state index contributed by atoms with van der Waals surface area (Å²) >= 11 is 11.9. The molecule has 0 aliphatic heterocycles. The molecular weight excluding hydrogens is 469 g/mol. The molecule has 0 spiro atoms. The topological polar surface area (TPSA) is 94.1 Å². The van der Waals surface area contributed by atoms with Crippen molar-refractivity contribution >= 4 is 35.1 Å². The first-order valence-electron chi connectivity index (χ1n) is 9.82. The number of ether oxygens (including phenoxy) is 3. The quantitative estimate of drug-likeness (QED) is 0.417. The minimum atomic E-state index is -1.14. The molecule has 0 radical (unpaired) electrons. The third kappa shape index (κ3) is 7.03. The van der Waals surface area contributed by atoms with Gasteiger partial charge in [-0.2, -0.15) is 0 Å². The van der Waals surface area contributed by atoms with E-state index in [4.69, 9.17) is 37.4 Å². The Bertz CT molecular complexity index is 1150. The third-order valence-electron chi connectivity index (χ3n) is 4.56. The molecule has 1 amide bonds. The summed E-state index contributed by atoms with van der Waals surface area (Å²) in [7, 11) is 1.56. The van der Waals surface area contributed by atoms with E-state index >= 15 is 0 Å². The van der Waals surface area contributed by atoms with E-state index in [2.05, 4.69) is 5.32 Å². The summed E-state index contributed by atoms with van der Waals surface area (Å²) in [5.41, 5.74) is 1.57. The second-order valence-electron chi connectivity index (χ2n) is 6.92. The van der Waals surface area contributed by atoms with E-state index in [0.29, 0.717) is 21.5 Å². The minimum Gasteiger partial charge on any atom is -0.497 e. The Morgan fingerprint density at radius 2 is 1.73 bits per heavy atom. The summed E-state index contributed by atoms with van der Waals surface area (Å²) in [6, 6.07) is 16.6. The van der Waals surface area contributed by atoms with Crippen molar-refractivity contribution in [1.82, 2.24) is 5.32 Å². The summed E-state index contributed by atoms with van der Waals surface area (Å²) in [4.78, 5) is 23.7. The highest BCUT2D eigenvalue weighted by Crippen LogP contribution is 2.27. The summed E-state index contributed by atoms with van der Waals surface area (Å²) in [5.74, 6) is -0.410. The Kier molecular flexibility index (Phi) is 8.40. The molecule has 7 nitrogen and oxygen atoms in total. The van der Waals surface area contributed by atoms with Gasteiger partial charge in [-0.25, -0.2) is 4.79 Å². The number of aromatic carboxylic acids is 1. The second kappa shape index (κ2) is 11.4. The van der Waals surface area contributed by atoms with Gasteiger partial charge in [0.2, 0.25) is 0 Å². The lowest BCUT2D eigenvalue weighted by Gasteiger charge is -2.13. The van der Waals surface area contributed by atoms with Gasteiger partial charge in [0.15, 0.2) is 6.61 Å². The van der Waals surface area contributed by atoms with Crippen LogP contribution in [0, 0.1) is 0 Å². The van der Waals surface area contributed by atoms with Crippen molar-refractivity contribution in [3.05, 3.63) is 87.4 Å². The molecular formula is C24H21Cl2NO6. The number of nitrogens with one attached hydrogen (secondary N) is 1. The molecule has 0 unspecified atom stereocenters. The Hall–Kier alpha value is -3.42. The van der Waals surface area contributed by atoms with Gasteiger partial charge in [0.25, 0.3) is 5.91 Å². The second-order valence-corrected chi connectivity index (χ2v) is 7.73. The molecule has 0 atom stereocenters. The predicted octanol–water partition coefficient (Wildman–Crippen LogP) is 4.97. The van der Waals surface area contributed by atoms with Crippen molar-refractivity contribution in [2.75, 3.05) is 13.7 Å². The van der Waals surface area contributed by atoms with E-state index in [-0.39, 0.29) is 37.0 Å². The molecule has 0 heterocycles. The van der Waals surface area contributed by atoms with Crippen LogP contribution in [0.25, 0.3) is 0 Å². The molecule has 0 fully saturated rings. The van der Waals surface area contributed by atoms with Gasteiger partial charge in [0.1, 0.15) is 29.4 Å².